The molecule has 4 aliphatic rings. The lowest BCUT2D eigenvalue weighted by atomic mass is 9.45. The molecule has 7 atom stereocenters. The second-order valence-electron chi connectivity index (χ2n) is 10.2. The Morgan fingerprint density at radius 1 is 1.17 bits per heavy atom. The fourth-order valence-electron chi connectivity index (χ4n) is 7.75. The second kappa shape index (κ2) is 6.78. The summed E-state index contributed by atoms with van der Waals surface area (Å²) < 4.78 is 5.73. The van der Waals surface area contributed by atoms with E-state index >= 15 is 0 Å². The first-order chi connectivity index (χ1) is 14.0. The summed E-state index contributed by atoms with van der Waals surface area (Å²) in [4.78, 5) is 38.0. The summed E-state index contributed by atoms with van der Waals surface area (Å²) in [6.45, 7) is 6.81. The van der Waals surface area contributed by atoms with E-state index in [1.54, 1.807) is 6.08 Å². The number of esters is 1. The molecule has 0 spiro atoms. The molecule has 4 aliphatic carbocycles. The molecule has 0 aromatic carbocycles. The van der Waals surface area contributed by atoms with Crippen LogP contribution in [0.2, 0.25) is 0 Å². The summed E-state index contributed by atoms with van der Waals surface area (Å²) in [5.74, 6) is -0.346. The number of aliphatic hydroxyl groups excluding tert-OH is 2. The van der Waals surface area contributed by atoms with Crippen LogP contribution in [0.15, 0.2) is 23.5 Å². The molecule has 4 rings (SSSR count). The highest BCUT2D eigenvalue weighted by molar-refractivity contribution is 5.99. The van der Waals surface area contributed by atoms with Crippen LogP contribution in [0.4, 0.5) is 0 Å². The smallest absolute Gasteiger partial charge is 0.303 e. The van der Waals surface area contributed by atoms with Crippen LogP contribution >= 0.6 is 0 Å². The van der Waals surface area contributed by atoms with Gasteiger partial charge in [0.25, 0.3) is 0 Å². The van der Waals surface area contributed by atoms with Crippen LogP contribution < -0.4 is 0 Å². The van der Waals surface area contributed by atoms with Crippen molar-refractivity contribution < 1.29 is 29.3 Å². The van der Waals surface area contributed by atoms with Crippen molar-refractivity contribution in [1.82, 2.24) is 0 Å². The van der Waals surface area contributed by atoms with Gasteiger partial charge in [-0.05, 0) is 74.3 Å². The van der Waals surface area contributed by atoms with E-state index in [1.165, 1.54) is 13.0 Å². The highest BCUT2D eigenvalue weighted by Gasteiger charge is 2.69. The van der Waals surface area contributed by atoms with E-state index < -0.39 is 34.8 Å². The number of hydrogen-bond donors (Lipinski definition) is 2. The van der Waals surface area contributed by atoms with Gasteiger partial charge >= 0.3 is 5.97 Å². The van der Waals surface area contributed by atoms with E-state index in [9.17, 15) is 24.6 Å². The molecule has 3 fully saturated rings. The van der Waals surface area contributed by atoms with Gasteiger partial charge in [0.15, 0.2) is 11.4 Å². The molecular weight excluding hydrogens is 384 g/mol. The number of aliphatic hydroxyl groups is 2. The minimum Gasteiger partial charge on any atom is -0.508 e. The Kier molecular flexibility index (Phi) is 4.81. The highest BCUT2D eigenvalue weighted by Crippen LogP contribution is 2.68. The van der Waals surface area contributed by atoms with Crippen LogP contribution in [0, 0.1) is 34.5 Å². The third-order valence-electron chi connectivity index (χ3n) is 9.06. The Balaban J connectivity index is 1.76. The topological polar surface area (TPSA) is 101 Å². The van der Waals surface area contributed by atoms with Crippen LogP contribution in [0.5, 0.6) is 0 Å². The number of rotatable bonds is 3. The first-order valence-corrected chi connectivity index (χ1v) is 11.0. The first kappa shape index (κ1) is 21.3. The maximum absolute atomic E-state index is 13.1. The number of ether oxygens (including phenoxy) is 1. The number of hydrogen-bond acceptors (Lipinski definition) is 6. The van der Waals surface area contributed by atoms with Crippen LogP contribution in [-0.4, -0.2) is 40.0 Å². The number of fused-ring (bicyclic) bond motifs is 5. The molecule has 0 heterocycles. The number of carbonyl (C=O) groups excluding carboxylic acids is 3. The third-order valence-corrected chi connectivity index (χ3v) is 9.06. The van der Waals surface area contributed by atoms with Crippen molar-refractivity contribution in [3.63, 3.8) is 0 Å². The number of carbonyl (C=O) groups is 3. The molecule has 0 aromatic rings. The van der Waals surface area contributed by atoms with E-state index in [1.807, 2.05) is 13.8 Å². The van der Waals surface area contributed by atoms with Gasteiger partial charge in [0.05, 0.1) is 5.41 Å². The van der Waals surface area contributed by atoms with Crippen molar-refractivity contribution >= 4 is 17.5 Å². The minimum absolute atomic E-state index is 0.0294. The molecule has 6 nitrogen and oxygen atoms in total. The molecule has 1 unspecified atom stereocenters. The van der Waals surface area contributed by atoms with Crippen molar-refractivity contribution in [3.8, 4) is 0 Å². The lowest BCUT2D eigenvalue weighted by Gasteiger charge is -2.59. The fraction of sp³-hybridized carbons (Fsp3) is 0.708. The van der Waals surface area contributed by atoms with Gasteiger partial charge in [0.1, 0.15) is 12.4 Å². The molecule has 0 aliphatic heterocycles. The number of ketones is 2. The van der Waals surface area contributed by atoms with Crippen molar-refractivity contribution in [1.29, 1.82) is 0 Å². The van der Waals surface area contributed by atoms with E-state index in [0.29, 0.717) is 12.8 Å². The zero-order valence-electron chi connectivity index (χ0n) is 18.2. The molecule has 0 radical (unpaired) electrons. The molecule has 0 amide bonds. The molecule has 6 heteroatoms. The summed E-state index contributed by atoms with van der Waals surface area (Å²) >= 11 is 0. The molecule has 0 bridgehead atoms. The van der Waals surface area contributed by atoms with Crippen molar-refractivity contribution in [2.75, 3.05) is 6.61 Å². The summed E-state index contributed by atoms with van der Waals surface area (Å²) in [6, 6.07) is 0. The minimum atomic E-state index is -1.29. The Bertz CT molecular complexity index is 871. The predicted molar refractivity (Wildman–Crippen MR) is 109 cm³/mol. The quantitative estimate of drug-likeness (QED) is 0.685. The van der Waals surface area contributed by atoms with Crippen LogP contribution in [-0.2, 0) is 19.1 Å². The predicted octanol–water partition coefficient (Wildman–Crippen LogP) is 3.29. The fourth-order valence-corrected chi connectivity index (χ4v) is 7.75. The summed E-state index contributed by atoms with van der Waals surface area (Å²) in [7, 11) is 0. The summed E-state index contributed by atoms with van der Waals surface area (Å²) in [6.07, 6.45) is 6.52. The van der Waals surface area contributed by atoms with E-state index in [4.69, 9.17) is 4.74 Å². The average molecular weight is 417 g/mol. The number of Topliss-reactive ketones (excluding diaryl/α,β-unsaturated/α-hetero) is 1. The molecule has 2 N–H and O–H groups in total. The Labute approximate surface area is 177 Å². The summed E-state index contributed by atoms with van der Waals surface area (Å²) in [5.41, 5.74) is -1.50. The van der Waals surface area contributed by atoms with Crippen LogP contribution in [0.1, 0.15) is 59.8 Å². The van der Waals surface area contributed by atoms with Crippen LogP contribution in [0.3, 0.4) is 0 Å². The molecule has 3 saturated carbocycles. The molecule has 164 valence electrons. The van der Waals surface area contributed by atoms with Gasteiger partial charge in [-0.3, -0.25) is 14.4 Å². The lowest BCUT2D eigenvalue weighted by molar-refractivity contribution is -0.190. The summed E-state index contributed by atoms with van der Waals surface area (Å²) in [5, 5.41) is 19.7. The molecule has 0 aromatic heterocycles. The van der Waals surface area contributed by atoms with Crippen LogP contribution in [0.25, 0.3) is 0 Å². The van der Waals surface area contributed by atoms with Gasteiger partial charge in [-0.2, -0.15) is 0 Å². The zero-order chi connectivity index (χ0) is 22.1. The maximum Gasteiger partial charge on any atom is 0.303 e. The van der Waals surface area contributed by atoms with Crippen molar-refractivity contribution in [2.45, 2.75) is 65.4 Å². The van der Waals surface area contributed by atoms with Crippen molar-refractivity contribution in [2.24, 2.45) is 34.5 Å². The highest BCUT2D eigenvalue weighted by atomic mass is 16.6. The average Bonchev–Trinajstić information content (AvgIpc) is 2.96. The zero-order valence-corrected chi connectivity index (χ0v) is 18.2. The molecule has 0 saturated heterocycles. The maximum atomic E-state index is 13.1. The van der Waals surface area contributed by atoms with Crippen molar-refractivity contribution in [3.05, 3.63) is 23.5 Å². The van der Waals surface area contributed by atoms with Gasteiger partial charge in [-0.25, -0.2) is 0 Å². The first-order valence-electron chi connectivity index (χ1n) is 11.0. The Morgan fingerprint density at radius 3 is 2.47 bits per heavy atom. The largest absolute Gasteiger partial charge is 0.508 e. The number of allylic oxidation sites excluding steroid dienone is 3. The van der Waals surface area contributed by atoms with E-state index in [0.717, 1.165) is 24.8 Å². The van der Waals surface area contributed by atoms with E-state index in [-0.39, 0.29) is 35.2 Å². The standard InChI is InChI=1S/C24H32O6/c1-13-9-16-17-6-8-24(21(29)12-25,30-14(2)26)22(17,3)7-5-18(16)23(4)19(13)10-15(27)11-20(23)28/h10-11,13,16-18,25,27H,5-9,12H2,1-4H3/t13?,16-,17-,18-,22-,23+,24-/m0/s1. The second-order valence-corrected chi connectivity index (χ2v) is 10.2. The Hall–Kier alpha value is -1.95. The van der Waals surface area contributed by atoms with Gasteiger partial charge < -0.3 is 14.9 Å². The van der Waals surface area contributed by atoms with E-state index in [2.05, 4.69) is 6.92 Å². The SMILES string of the molecule is CC(=O)O[C@]1(C(=O)CO)CC[C@H]2[C@@H]3CC(C)C4=CC(O)=CC(=O)[C@]4(C)[C@H]3CC[C@@]21C. The Morgan fingerprint density at radius 2 is 1.83 bits per heavy atom. The van der Waals surface area contributed by atoms with Gasteiger partial charge in [0.2, 0.25) is 5.78 Å². The molecule has 30 heavy (non-hydrogen) atoms. The monoisotopic (exact) mass is 416 g/mol. The van der Waals surface area contributed by atoms with Gasteiger partial charge in [-0.1, -0.05) is 13.8 Å². The van der Waals surface area contributed by atoms with Gasteiger partial charge in [0, 0.05) is 18.4 Å². The normalized spacial score (nSPS) is 44.9. The molecular formula is C24H32O6. The third kappa shape index (κ3) is 2.55. The van der Waals surface area contributed by atoms with Gasteiger partial charge in [-0.15, -0.1) is 0 Å². The lowest BCUT2D eigenvalue weighted by Crippen LogP contribution is -2.60.